The Labute approximate surface area is 128 Å². The predicted octanol–water partition coefficient (Wildman–Crippen LogP) is 3.31. The molecule has 6 heteroatoms. The molecule has 0 unspecified atom stereocenters. The molecule has 0 radical (unpaired) electrons. The van der Waals surface area contributed by atoms with Gasteiger partial charge in [0.1, 0.15) is 5.00 Å². The Balaban J connectivity index is 1.88. The fourth-order valence-corrected chi connectivity index (χ4v) is 2.49. The van der Waals surface area contributed by atoms with Crippen molar-refractivity contribution in [3.63, 3.8) is 0 Å². The summed E-state index contributed by atoms with van der Waals surface area (Å²) < 4.78 is 9.55. The number of rotatable bonds is 6. The lowest BCUT2D eigenvalue weighted by Crippen LogP contribution is -2.28. The quantitative estimate of drug-likeness (QED) is 0.860. The molecule has 0 saturated heterocycles. The van der Waals surface area contributed by atoms with Crippen molar-refractivity contribution in [3.05, 3.63) is 47.2 Å². The van der Waals surface area contributed by atoms with Crippen molar-refractivity contribution < 1.29 is 9.53 Å². The fraction of sp³-hybridized carbons (Fsp3) is 0.333. The van der Waals surface area contributed by atoms with Crippen molar-refractivity contribution in [2.75, 3.05) is 11.9 Å². The first-order valence-electron chi connectivity index (χ1n) is 6.81. The van der Waals surface area contributed by atoms with Gasteiger partial charge in [-0.1, -0.05) is 24.3 Å². The third kappa shape index (κ3) is 4.84. The summed E-state index contributed by atoms with van der Waals surface area (Å²) in [4.78, 5) is 11.8. The third-order valence-corrected chi connectivity index (χ3v) is 3.68. The van der Waals surface area contributed by atoms with Gasteiger partial charge < -0.3 is 10.1 Å². The summed E-state index contributed by atoms with van der Waals surface area (Å²) in [5.41, 5.74) is 3.05. The summed E-state index contributed by atoms with van der Waals surface area (Å²) in [6.45, 7) is 5.55. The fourth-order valence-electron chi connectivity index (χ4n) is 1.84. The van der Waals surface area contributed by atoms with E-state index < -0.39 is 0 Å². The minimum Gasteiger partial charge on any atom is -0.377 e. The highest BCUT2D eigenvalue weighted by Crippen LogP contribution is 2.15. The molecule has 1 heterocycles. The molecule has 0 aliphatic carbocycles. The second-order valence-corrected chi connectivity index (χ2v) is 5.35. The van der Waals surface area contributed by atoms with Gasteiger partial charge in [0.15, 0.2) is 0 Å². The van der Waals surface area contributed by atoms with E-state index in [2.05, 4.69) is 15.0 Å². The van der Waals surface area contributed by atoms with Crippen molar-refractivity contribution in [3.8, 4) is 0 Å². The highest BCUT2D eigenvalue weighted by atomic mass is 32.1. The first-order chi connectivity index (χ1) is 10.2. The van der Waals surface area contributed by atoms with E-state index in [9.17, 15) is 4.79 Å². The van der Waals surface area contributed by atoms with Crippen LogP contribution < -0.4 is 10.6 Å². The topological polar surface area (TPSA) is 63.2 Å². The lowest BCUT2D eigenvalue weighted by Gasteiger charge is -2.10. The first kappa shape index (κ1) is 15.5. The number of urea groups is 1. The Kier molecular flexibility index (Phi) is 5.71. The summed E-state index contributed by atoms with van der Waals surface area (Å²) in [6, 6.07) is 9.54. The Hall–Kier alpha value is -1.92. The maximum atomic E-state index is 11.8. The molecule has 2 amide bonds. The van der Waals surface area contributed by atoms with E-state index in [0.717, 1.165) is 21.8 Å². The molecule has 0 atom stereocenters. The first-order valence-corrected chi connectivity index (χ1v) is 7.59. The molecule has 0 spiro atoms. The SMILES string of the molecule is CCOCc1ccccc1CNC(=O)Nc1cc(C)ns1. The van der Waals surface area contributed by atoms with Gasteiger partial charge >= 0.3 is 6.03 Å². The summed E-state index contributed by atoms with van der Waals surface area (Å²) >= 11 is 1.27. The summed E-state index contributed by atoms with van der Waals surface area (Å²) in [7, 11) is 0. The third-order valence-electron chi connectivity index (χ3n) is 2.88. The molecule has 0 aliphatic rings. The van der Waals surface area contributed by atoms with E-state index in [1.54, 1.807) is 0 Å². The van der Waals surface area contributed by atoms with Crippen LogP contribution in [0.3, 0.4) is 0 Å². The Morgan fingerprint density at radius 3 is 2.76 bits per heavy atom. The lowest BCUT2D eigenvalue weighted by atomic mass is 10.1. The molecule has 2 N–H and O–H groups in total. The Bertz CT molecular complexity index is 598. The Morgan fingerprint density at radius 1 is 1.33 bits per heavy atom. The van der Waals surface area contributed by atoms with Crippen LogP contribution in [0.15, 0.2) is 30.3 Å². The van der Waals surface area contributed by atoms with Gasteiger partial charge in [0, 0.05) is 13.2 Å². The number of nitrogens with one attached hydrogen (secondary N) is 2. The number of nitrogens with zero attached hydrogens (tertiary/aromatic N) is 1. The molecule has 21 heavy (non-hydrogen) atoms. The number of amides is 2. The van der Waals surface area contributed by atoms with E-state index in [1.807, 2.05) is 44.2 Å². The molecule has 112 valence electrons. The predicted molar refractivity (Wildman–Crippen MR) is 84.5 cm³/mol. The minimum absolute atomic E-state index is 0.232. The minimum atomic E-state index is -0.232. The van der Waals surface area contributed by atoms with Crippen LogP contribution in [-0.4, -0.2) is 17.0 Å². The average molecular weight is 305 g/mol. The number of carbonyl (C=O) groups excluding carboxylic acids is 1. The molecule has 2 aromatic rings. The van der Waals surface area contributed by atoms with Crippen molar-refractivity contribution in [2.45, 2.75) is 27.0 Å². The van der Waals surface area contributed by atoms with Gasteiger partial charge in [0.2, 0.25) is 0 Å². The van der Waals surface area contributed by atoms with Gasteiger partial charge in [-0.15, -0.1) is 0 Å². The molecule has 0 bridgehead atoms. The highest BCUT2D eigenvalue weighted by Gasteiger charge is 2.06. The van der Waals surface area contributed by atoms with Crippen LogP contribution in [0.5, 0.6) is 0 Å². The molecule has 0 fully saturated rings. The number of hydrogen-bond acceptors (Lipinski definition) is 4. The van der Waals surface area contributed by atoms with Crippen LogP contribution in [0.1, 0.15) is 23.7 Å². The molecule has 2 rings (SSSR count). The molecular formula is C15H19N3O2S. The van der Waals surface area contributed by atoms with Crippen molar-refractivity contribution in [1.29, 1.82) is 0 Å². The van der Waals surface area contributed by atoms with Crippen LogP contribution in [0.25, 0.3) is 0 Å². The molecule has 5 nitrogen and oxygen atoms in total. The van der Waals surface area contributed by atoms with E-state index in [4.69, 9.17) is 4.74 Å². The number of hydrogen-bond donors (Lipinski definition) is 2. The van der Waals surface area contributed by atoms with Gasteiger partial charge in [-0.2, -0.15) is 4.37 Å². The molecular weight excluding hydrogens is 286 g/mol. The number of benzene rings is 1. The smallest absolute Gasteiger partial charge is 0.320 e. The number of aromatic nitrogens is 1. The maximum Gasteiger partial charge on any atom is 0.320 e. The van der Waals surface area contributed by atoms with E-state index in [-0.39, 0.29) is 6.03 Å². The van der Waals surface area contributed by atoms with Crippen LogP contribution in [0, 0.1) is 6.92 Å². The standard InChI is InChI=1S/C15H19N3O2S/c1-3-20-10-13-7-5-4-6-12(13)9-16-15(19)17-14-8-11(2)18-21-14/h4-8H,3,9-10H2,1-2H3,(H2,16,17,19). The lowest BCUT2D eigenvalue weighted by molar-refractivity contribution is 0.133. The van der Waals surface area contributed by atoms with Crippen molar-refractivity contribution in [1.82, 2.24) is 9.69 Å². The second-order valence-electron chi connectivity index (χ2n) is 4.55. The van der Waals surface area contributed by atoms with Gasteiger partial charge in [0.25, 0.3) is 0 Å². The molecule has 1 aromatic carbocycles. The van der Waals surface area contributed by atoms with Gasteiger partial charge in [-0.25, -0.2) is 4.79 Å². The summed E-state index contributed by atoms with van der Waals surface area (Å²) in [5.74, 6) is 0. The largest absolute Gasteiger partial charge is 0.377 e. The van der Waals surface area contributed by atoms with E-state index in [1.165, 1.54) is 11.5 Å². The molecule has 0 aliphatic heterocycles. The van der Waals surface area contributed by atoms with Crippen LogP contribution in [0.4, 0.5) is 9.80 Å². The highest BCUT2D eigenvalue weighted by molar-refractivity contribution is 7.10. The number of carbonyl (C=O) groups is 1. The van der Waals surface area contributed by atoms with Gasteiger partial charge in [-0.05, 0) is 42.6 Å². The van der Waals surface area contributed by atoms with Gasteiger partial charge in [-0.3, -0.25) is 5.32 Å². The maximum absolute atomic E-state index is 11.8. The van der Waals surface area contributed by atoms with Crippen LogP contribution in [0.2, 0.25) is 0 Å². The zero-order valence-electron chi connectivity index (χ0n) is 12.2. The van der Waals surface area contributed by atoms with Crippen molar-refractivity contribution >= 4 is 22.6 Å². The molecule has 0 saturated carbocycles. The van der Waals surface area contributed by atoms with E-state index in [0.29, 0.717) is 19.8 Å². The molecule has 1 aromatic heterocycles. The average Bonchev–Trinajstić information content (AvgIpc) is 2.89. The van der Waals surface area contributed by atoms with Gasteiger partial charge in [0.05, 0.1) is 12.3 Å². The van der Waals surface area contributed by atoms with Crippen molar-refractivity contribution in [2.24, 2.45) is 0 Å². The number of aryl methyl sites for hydroxylation is 1. The normalized spacial score (nSPS) is 10.4. The summed E-state index contributed by atoms with van der Waals surface area (Å²) in [6.07, 6.45) is 0. The zero-order chi connectivity index (χ0) is 15.1. The number of anilines is 1. The zero-order valence-corrected chi connectivity index (χ0v) is 13.0. The van der Waals surface area contributed by atoms with E-state index >= 15 is 0 Å². The Morgan fingerprint density at radius 2 is 2.10 bits per heavy atom. The van der Waals surface area contributed by atoms with Crippen LogP contribution >= 0.6 is 11.5 Å². The second kappa shape index (κ2) is 7.75. The monoisotopic (exact) mass is 305 g/mol. The van der Waals surface area contributed by atoms with Crippen LogP contribution in [-0.2, 0) is 17.9 Å². The number of ether oxygens (including phenoxy) is 1. The summed E-state index contributed by atoms with van der Waals surface area (Å²) in [5, 5.41) is 6.36.